The first-order valence-corrected chi connectivity index (χ1v) is 5.66. The first kappa shape index (κ1) is 13.1. The molecule has 0 aliphatic rings. The summed E-state index contributed by atoms with van der Waals surface area (Å²) in [5, 5.41) is 0. The molecule has 2 N–H and O–H groups in total. The van der Waals surface area contributed by atoms with Gasteiger partial charge in [0.1, 0.15) is 0 Å². The Kier molecular flexibility index (Phi) is 6.72. The standard InChI is InChI=1S/C12H20N2O2/c1-2-16-12(9-13)10-15-8-6-11-5-3-4-7-14-11/h3-5,7,12H,2,6,8-10,13H2,1H3. The summed E-state index contributed by atoms with van der Waals surface area (Å²) in [6, 6.07) is 5.88. The topological polar surface area (TPSA) is 57.4 Å². The van der Waals surface area contributed by atoms with E-state index in [2.05, 4.69) is 4.98 Å². The molecule has 1 aromatic rings. The Balaban J connectivity index is 2.11. The Labute approximate surface area is 96.8 Å². The molecule has 0 aromatic carbocycles. The zero-order valence-electron chi connectivity index (χ0n) is 9.76. The second-order valence-corrected chi connectivity index (χ2v) is 3.46. The van der Waals surface area contributed by atoms with Crippen LogP contribution in [0.5, 0.6) is 0 Å². The summed E-state index contributed by atoms with van der Waals surface area (Å²) in [6.45, 7) is 4.33. The maximum Gasteiger partial charge on any atom is 0.0930 e. The normalized spacial score (nSPS) is 12.6. The molecule has 0 saturated heterocycles. The number of ether oxygens (including phenoxy) is 2. The molecule has 0 spiro atoms. The van der Waals surface area contributed by atoms with Gasteiger partial charge in [-0.1, -0.05) is 6.07 Å². The Morgan fingerprint density at radius 3 is 2.94 bits per heavy atom. The summed E-state index contributed by atoms with van der Waals surface area (Å²) in [4.78, 5) is 4.22. The number of pyridine rings is 1. The third-order valence-corrected chi connectivity index (χ3v) is 2.20. The fourth-order valence-corrected chi connectivity index (χ4v) is 1.36. The molecule has 0 aliphatic heterocycles. The van der Waals surface area contributed by atoms with Crippen molar-refractivity contribution in [2.75, 3.05) is 26.4 Å². The van der Waals surface area contributed by atoms with E-state index in [4.69, 9.17) is 15.2 Å². The summed E-state index contributed by atoms with van der Waals surface area (Å²) in [5.41, 5.74) is 6.58. The van der Waals surface area contributed by atoms with Crippen molar-refractivity contribution in [2.24, 2.45) is 5.73 Å². The van der Waals surface area contributed by atoms with E-state index < -0.39 is 0 Å². The predicted octanol–water partition coefficient (Wildman–Crippen LogP) is 1.00. The van der Waals surface area contributed by atoms with Crippen molar-refractivity contribution in [1.29, 1.82) is 0 Å². The van der Waals surface area contributed by atoms with Crippen LogP contribution in [0.3, 0.4) is 0 Å². The Morgan fingerprint density at radius 1 is 1.44 bits per heavy atom. The van der Waals surface area contributed by atoms with Crippen LogP contribution in [0.1, 0.15) is 12.6 Å². The molecule has 0 fully saturated rings. The van der Waals surface area contributed by atoms with Crippen LogP contribution in [0.25, 0.3) is 0 Å². The zero-order chi connectivity index (χ0) is 11.6. The van der Waals surface area contributed by atoms with Gasteiger partial charge >= 0.3 is 0 Å². The van der Waals surface area contributed by atoms with Gasteiger partial charge in [-0.3, -0.25) is 4.98 Å². The van der Waals surface area contributed by atoms with Crippen molar-refractivity contribution in [2.45, 2.75) is 19.4 Å². The SMILES string of the molecule is CCOC(CN)COCCc1ccccn1. The molecular weight excluding hydrogens is 204 g/mol. The number of nitrogens with zero attached hydrogens (tertiary/aromatic N) is 1. The number of hydrogen-bond donors (Lipinski definition) is 1. The van der Waals surface area contributed by atoms with E-state index in [1.54, 1.807) is 6.20 Å². The molecule has 16 heavy (non-hydrogen) atoms. The highest BCUT2D eigenvalue weighted by Crippen LogP contribution is 1.96. The van der Waals surface area contributed by atoms with E-state index in [0.29, 0.717) is 26.4 Å². The van der Waals surface area contributed by atoms with Crippen LogP contribution in [0, 0.1) is 0 Å². The first-order chi connectivity index (χ1) is 7.86. The molecule has 0 bridgehead atoms. The smallest absolute Gasteiger partial charge is 0.0930 e. The number of hydrogen-bond acceptors (Lipinski definition) is 4. The fraction of sp³-hybridized carbons (Fsp3) is 0.583. The van der Waals surface area contributed by atoms with Gasteiger partial charge in [-0.15, -0.1) is 0 Å². The van der Waals surface area contributed by atoms with E-state index in [-0.39, 0.29) is 6.10 Å². The number of nitrogens with two attached hydrogens (primary N) is 1. The second-order valence-electron chi connectivity index (χ2n) is 3.46. The van der Waals surface area contributed by atoms with Crippen molar-refractivity contribution in [3.63, 3.8) is 0 Å². The van der Waals surface area contributed by atoms with Crippen LogP contribution in [0.4, 0.5) is 0 Å². The van der Waals surface area contributed by atoms with Gasteiger partial charge in [-0.05, 0) is 19.1 Å². The highest BCUT2D eigenvalue weighted by atomic mass is 16.5. The molecule has 4 nitrogen and oxygen atoms in total. The Hall–Kier alpha value is -0.970. The summed E-state index contributed by atoms with van der Waals surface area (Å²) >= 11 is 0. The fourth-order valence-electron chi connectivity index (χ4n) is 1.36. The Bertz CT molecular complexity index is 267. The molecular formula is C12H20N2O2. The van der Waals surface area contributed by atoms with Crippen LogP contribution >= 0.6 is 0 Å². The van der Waals surface area contributed by atoms with Crippen molar-refractivity contribution in [3.8, 4) is 0 Å². The third-order valence-electron chi connectivity index (χ3n) is 2.20. The van der Waals surface area contributed by atoms with Gasteiger partial charge in [0.25, 0.3) is 0 Å². The molecule has 90 valence electrons. The van der Waals surface area contributed by atoms with E-state index in [9.17, 15) is 0 Å². The molecule has 1 aromatic heterocycles. The largest absolute Gasteiger partial charge is 0.378 e. The van der Waals surface area contributed by atoms with Crippen LogP contribution in [-0.2, 0) is 15.9 Å². The molecule has 0 aliphatic carbocycles. The monoisotopic (exact) mass is 224 g/mol. The minimum atomic E-state index is 0.00809. The maximum absolute atomic E-state index is 5.53. The lowest BCUT2D eigenvalue weighted by Crippen LogP contribution is -2.29. The van der Waals surface area contributed by atoms with E-state index in [1.165, 1.54) is 0 Å². The summed E-state index contributed by atoms with van der Waals surface area (Å²) < 4.78 is 10.9. The molecule has 0 amide bonds. The molecule has 1 heterocycles. The third kappa shape index (κ3) is 5.21. The van der Waals surface area contributed by atoms with Crippen molar-refractivity contribution in [1.82, 2.24) is 4.98 Å². The van der Waals surface area contributed by atoms with Crippen molar-refractivity contribution < 1.29 is 9.47 Å². The number of aromatic nitrogens is 1. The van der Waals surface area contributed by atoms with Crippen molar-refractivity contribution in [3.05, 3.63) is 30.1 Å². The maximum atomic E-state index is 5.53. The van der Waals surface area contributed by atoms with Gasteiger partial charge in [-0.2, -0.15) is 0 Å². The van der Waals surface area contributed by atoms with E-state index in [1.807, 2.05) is 25.1 Å². The number of rotatable bonds is 8. The van der Waals surface area contributed by atoms with Crippen LogP contribution in [-0.4, -0.2) is 37.5 Å². The lowest BCUT2D eigenvalue weighted by atomic mass is 10.3. The van der Waals surface area contributed by atoms with Gasteiger partial charge < -0.3 is 15.2 Å². The summed E-state index contributed by atoms with van der Waals surface area (Å²) in [6.07, 6.45) is 2.62. The van der Waals surface area contributed by atoms with Gasteiger partial charge in [-0.25, -0.2) is 0 Å². The highest BCUT2D eigenvalue weighted by molar-refractivity contribution is 5.03. The van der Waals surface area contributed by atoms with Gasteiger partial charge in [0.2, 0.25) is 0 Å². The summed E-state index contributed by atoms with van der Waals surface area (Å²) in [7, 11) is 0. The average Bonchev–Trinajstić information content (AvgIpc) is 2.34. The van der Waals surface area contributed by atoms with Gasteiger partial charge in [0, 0.05) is 31.5 Å². The van der Waals surface area contributed by atoms with Gasteiger partial charge in [0.05, 0.1) is 19.3 Å². The van der Waals surface area contributed by atoms with Crippen LogP contribution in [0.2, 0.25) is 0 Å². The van der Waals surface area contributed by atoms with E-state index >= 15 is 0 Å². The summed E-state index contributed by atoms with van der Waals surface area (Å²) in [5.74, 6) is 0. The lowest BCUT2D eigenvalue weighted by Gasteiger charge is -2.14. The lowest BCUT2D eigenvalue weighted by molar-refractivity contribution is -0.00580. The molecule has 0 radical (unpaired) electrons. The van der Waals surface area contributed by atoms with E-state index in [0.717, 1.165) is 12.1 Å². The zero-order valence-corrected chi connectivity index (χ0v) is 9.76. The molecule has 0 saturated carbocycles. The molecule has 4 heteroatoms. The van der Waals surface area contributed by atoms with Crippen LogP contribution in [0.15, 0.2) is 24.4 Å². The molecule has 1 unspecified atom stereocenters. The minimum Gasteiger partial charge on any atom is -0.378 e. The predicted molar refractivity (Wildman–Crippen MR) is 63.2 cm³/mol. The highest BCUT2D eigenvalue weighted by Gasteiger charge is 2.05. The molecule has 1 atom stereocenters. The minimum absolute atomic E-state index is 0.00809. The molecule has 1 rings (SSSR count). The average molecular weight is 224 g/mol. The van der Waals surface area contributed by atoms with Gasteiger partial charge in [0.15, 0.2) is 0 Å². The van der Waals surface area contributed by atoms with Crippen molar-refractivity contribution >= 4 is 0 Å². The second kappa shape index (κ2) is 8.21. The van der Waals surface area contributed by atoms with Crippen LogP contribution < -0.4 is 5.73 Å². The Morgan fingerprint density at radius 2 is 2.31 bits per heavy atom. The quantitative estimate of drug-likeness (QED) is 0.669. The first-order valence-electron chi connectivity index (χ1n) is 5.66.